The summed E-state index contributed by atoms with van der Waals surface area (Å²) in [5.41, 5.74) is 1.23. The maximum absolute atomic E-state index is 12.2. The minimum atomic E-state index is -0.282. The molecule has 3 rings (SSSR count). The maximum atomic E-state index is 12.2. The molecule has 0 spiro atoms. The molecule has 22 heavy (non-hydrogen) atoms. The lowest BCUT2D eigenvalue weighted by molar-refractivity contribution is -0.122. The van der Waals surface area contributed by atoms with Gasteiger partial charge in [0.05, 0.1) is 6.04 Å². The third kappa shape index (κ3) is 2.76. The van der Waals surface area contributed by atoms with E-state index in [2.05, 4.69) is 10.4 Å². The minimum Gasteiger partial charge on any atom is -0.348 e. The van der Waals surface area contributed by atoms with Crippen LogP contribution in [0.4, 0.5) is 0 Å². The number of aromatic nitrogens is 3. The van der Waals surface area contributed by atoms with Crippen LogP contribution in [0.5, 0.6) is 0 Å². The minimum absolute atomic E-state index is 0.0995. The highest BCUT2D eigenvalue weighted by Crippen LogP contribution is 2.10. The first-order chi connectivity index (χ1) is 10.6. The van der Waals surface area contributed by atoms with E-state index in [4.69, 9.17) is 0 Å². The van der Waals surface area contributed by atoms with E-state index in [1.54, 1.807) is 22.7 Å². The van der Waals surface area contributed by atoms with Gasteiger partial charge in [0.25, 0.3) is 5.56 Å². The summed E-state index contributed by atoms with van der Waals surface area (Å²) < 4.78 is 2.80. The summed E-state index contributed by atoms with van der Waals surface area (Å²) in [5, 5.41) is 6.87. The van der Waals surface area contributed by atoms with Gasteiger partial charge >= 0.3 is 0 Å². The molecule has 2 aromatic heterocycles. The van der Waals surface area contributed by atoms with Gasteiger partial charge in [0.15, 0.2) is 0 Å². The van der Waals surface area contributed by atoms with E-state index in [1.165, 1.54) is 11.0 Å². The first kappa shape index (κ1) is 14.1. The Morgan fingerprint density at radius 1 is 1.23 bits per heavy atom. The van der Waals surface area contributed by atoms with Crippen molar-refractivity contribution in [3.05, 3.63) is 70.9 Å². The smallest absolute Gasteiger partial charge is 0.291 e. The predicted octanol–water partition coefficient (Wildman–Crippen LogP) is 1.37. The number of amides is 1. The fourth-order valence-electron chi connectivity index (χ4n) is 2.34. The Morgan fingerprint density at radius 2 is 2.00 bits per heavy atom. The number of hydrogen-bond donors (Lipinski definition) is 1. The highest BCUT2D eigenvalue weighted by atomic mass is 16.2. The molecule has 112 valence electrons. The van der Waals surface area contributed by atoms with Gasteiger partial charge in [-0.3, -0.25) is 9.59 Å². The summed E-state index contributed by atoms with van der Waals surface area (Å²) in [7, 11) is 0. The quantitative estimate of drug-likeness (QED) is 0.790. The van der Waals surface area contributed by atoms with E-state index in [-0.39, 0.29) is 24.1 Å². The van der Waals surface area contributed by atoms with E-state index < -0.39 is 0 Å². The van der Waals surface area contributed by atoms with Crippen molar-refractivity contribution in [1.82, 2.24) is 19.5 Å². The largest absolute Gasteiger partial charge is 0.348 e. The lowest BCUT2D eigenvalue weighted by Crippen LogP contribution is -2.35. The number of benzene rings is 1. The van der Waals surface area contributed by atoms with Crippen molar-refractivity contribution >= 4 is 11.4 Å². The van der Waals surface area contributed by atoms with E-state index in [0.29, 0.717) is 5.52 Å². The van der Waals surface area contributed by atoms with Gasteiger partial charge in [-0.25, -0.2) is 4.68 Å². The van der Waals surface area contributed by atoms with Gasteiger partial charge in [0, 0.05) is 6.20 Å². The monoisotopic (exact) mass is 296 g/mol. The second-order valence-corrected chi connectivity index (χ2v) is 5.09. The first-order valence-corrected chi connectivity index (χ1v) is 7.02. The highest BCUT2D eigenvalue weighted by molar-refractivity contribution is 5.76. The standard InChI is InChI=1S/C16H16N4O2/c1-12(13-6-3-2-4-7-13)18-15(21)10-20-16(22)14-8-5-9-19(14)11-17-20/h2-9,11-12H,10H2,1H3,(H,18,21)/t12-/m0/s1. The number of hydrogen-bond acceptors (Lipinski definition) is 3. The molecule has 0 saturated heterocycles. The number of rotatable bonds is 4. The van der Waals surface area contributed by atoms with Crippen LogP contribution in [0, 0.1) is 0 Å². The molecule has 6 heteroatoms. The number of nitrogens with one attached hydrogen (secondary N) is 1. The molecule has 0 fully saturated rings. The third-order valence-corrected chi connectivity index (χ3v) is 3.52. The average Bonchev–Trinajstić information content (AvgIpc) is 3.00. The zero-order valence-electron chi connectivity index (χ0n) is 12.1. The van der Waals surface area contributed by atoms with Crippen molar-refractivity contribution in [2.24, 2.45) is 0 Å². The highest BCUT2D eigenvalue weighted by Gasteiger charge is 2.12. The summed E-state index contributed by atoms with van der Waals surface area (Å²) >= 11 is 0. The zero-order chi connectivity index (χ0) is 15.5. The first-order valence-electron chi connectivity index (χ1n) is 7.02. The molecule has 3 aromatic rings. The fourth-order valence-corrected chi connectivity index (χ4v) is 2.34. The van der Waals surface area contributed by atoms with Gasteiger partial charge in [-0.05, 0) is 24.6 Å². The molecule has 6 nitrogen and oxygen atoms in total. The fraction of sp³-hybridized carbons (Fsp3) is 0.188. The van der Waals surface area contributed by atoms with E-state index in [1.807, 2.05) is 37.3 Å². The van der Waals surface area contributed by atoms with Crippen molar-refractivity contribution in [3.63, 3.8) is 0 Å². The molecule has 0 aliphatic heterocycles. The van der Waals surface area contributed by atoms with E-state index in [0.717, 1.165) is 5.56 Å². The van der Waals surface area contributed by atoms with Crippen LogP contribution in [0.15, 0.2) is 59.8 Å². The average molecular weight is 296 g/mol. The van der Waals surface area contributed by atoms with Crippen LogP contribution in [0.1, 0.15) is 18.5 Å². The predicted molar refractivity (Wildman–Crippen MR) is 82.5 cm³/mol. The van der Waals surface area contributed by atoms with Crippen molar-refractivity contribution in [3.8, 4) is 0 Å². The summed E-state index contributed by atoms with van der Waals surface area (Å²) in [5.74, 6) is -0.248. The van der Waals surface area contributed by atoms with Crippen LogP contribution < -0.4 is 10.9 Å². The van der Waals surface area contributed by atoms with Crippen molar-refractivity contribution < 1.29 is 4.79 Å². The number of carbonyl (C=O) groups is 1. The molecule has 0 unspecified atom stereocenters. The molecule has 0 aliphatic carbocycles. The zero-order valence-corrected chi connectivity index (χ0v) is 12.1. The Hall–Kier alpha value is -2.89. The van der Waals surface area contributed by atoms with Gasteiger partial charge in [0.1, 0.15) is 18.4 Å². The normalized spacial score (nSPS) is 12.2. The molecule has 0 bridgehead atoms. The SMILES string of the molecule is C[C@H](NC(=O)Cn1ncn2cccc2c1=O)c1ccccc1. The summed E-state index contributed by atoms with van der Waals surface area (Å²) in [6, 6.07) is 13.0. The third-order valence-electron chi connectivity index (χ3n) is 3.52. The van der Waals surface area contributed by atoms with Crippen LogP contribution in [0.2, 0.25) is 0 Å². The van der Waals surface area contributed by atoms with Crippen molar-refractivity contribution in [1.29, 1.82) is 0 Å². The summed E-state index contributed by atoms with van der Waals surface area (Å²) in [6.45, 7) is 1.80. The number of nitrogens with zero attached hydrogens (tertiary/aromatic N) is 3. The molecule has 1 atom stereocenters. The van der Waals surface area contributed by atoms with Gasteiger partial charge in [0.2, 0.25) is 5.91 Å². The lowest BCUT2D eigenvalue weighted by atomic mass is 10.1. The summed E-state index contributed by atoms with van der Waals surface area (Å²) in [4.78, 5) is 24.3. The van der Waals surface area contributed by atoms with Crippen LogP contribution in [0.3, 0.4) is 0 Å². The molecule has 0 aliphatic rings. The molecular formula is C16H16N4O2. The lowest BCUT2D eigenvalue weighted by Gasteiger charge is -2.14. The number of fused-ring (bicyclic) bond motifs is 1. The van der Waals surface area contributed by atoms with Crippen LogP contribution in [0.25, 0.3) is 5.52 Å². The van der Waals surface area contributed by atoms with Crippen molar-refractivity contribution in [2.45, 2.75) is 19.5 Å². The van der Waals surface area contributed by atoms with Gasteiger partial charge in [-0.15, -0.1) is 0 Å². The second kappa shape index (κ2) is 5.85. The summed E-state index contributed by atoms with van der Waals surface area (Å²) in [6.07, 6.45) is 3.26. The molecule has 1 aromatic carbocycles. The van der Waals surface area contributed by atoms with Crippen LogP contribution in [-0.2, 0) is 11.3 Å². The molecule has 1 N–H and O–H groups in total. The Labute approximate surface area is 127 Å². The van der Waals surface area contributed by atoms with Gasteiger partial charge < -0.3 is 9.72 Å². The van der Waals surface area contributed by atoms with Crippen LogP contribution in [-0.4, -0.2) is 20.1 Å². The van der Waals surface area contributed by atoms with Gasteiger partial charge in [-0.1, -0.05) is 30.3 Å². The van der Waals surface area contributed by atoms with Gasteiger partial charge in [-0.2, -0.15) is 5.10 Å². The maximum Gasteiger partial charge on any atom is 0.291 e. The van der Waals surface area contributed by atoms with Crippen LogP contribution >= 0.6 is 0 Å². The second-order valence-electron chi connectivity index (χ2n) is 5.09. The van der Waals surface area contributed by atoms with Crippen molar-refractivity contribution in [2.75, 3.05) is 0 Å². The Balaban J connectivity index is 1.73. The number of carbonyl (C=O) groups excluding carboxylic acids is 1. The van der Waals surface area contributed by atoms with E-state index in [9.17, 15) is 9.59 Å². The molecule has 0 saturated carbocycles. The van der Waals surface area contributed by atoms with E-state index >= 15 is 0 Å². The Bertz CT molecular complexity index is 851. The molecule has 1 amide bonds. The Morgan fingerprint density at radius 3 is 2.77 bits per heavy atom. The molecular weight excluding hydrogens is 280 g/mol. The molecule has 0 radical (unpaired) electrons. The topological polar surface area (TPSA) is 68.4 Å². The Kier molecular flexibility index (Phi) is 3.74. The molecule has 2 heterocycles.